The van der Waals surface area contributed by atoms with Crippen LogP contribution in [0.4, 0.5) is 0 Å². The van der Waals surface area contributed by atoms with E-state index in [0.29, 0.717) is 11.3 Å². The Morgan fingerprint density at radius 3 is 2.60 bits per heavy atom. The van der Waals surface area contributed by atoms with Gasteiger partial charge >= 0.3 is 0 Å². The van der Waals surface area contributed by atoms with Crippen LogP contribution in [0.3, 0.4) is 0 Å². The predicted molar refractivity (Wildman–Crippen MR) is 41.5 cm³/mol. The second-order valence-electron chi connectivity index (χ2n) is 3.54. The first-order valence-corrected chi connectivity index (χ1v) is 4.04. The van der Waals surface area contributed by atoms with Gasteiger partial charge in [0.1, 0.15) is 0 Å². The third kappa shape index (κ3) is 0.759. The molecule has 1 N–H and O–H groups in total. The van der Waals surface area contributed by atoms with E-state index < -0.39 is 0 Å². The van der Waals surface area contributed by atoms with E-state index in [9.17, 15) is 0 Å². The monoisotopic (exact) mass is 135 g/mol. The van der Waals surface area contributed by atoms with Gasteiger partial charge in [0.15, 0.2) is 0 Å². The van der Waals surface area contributed by atoms with Gasteiger partial charge in [0.25, 0.3) is 0 Å². The van der Waals surface area contributed by atoms with E-state index in [4.69, 9.17) is 6.42 Å². The summed E-state index contributed by atoms with van der Waals surface area (Å²) in [5, 5.41) is 3.36. The van der Waals surface area contributed by atoms with Gasteiger partial charge in [0.05, 0.1) is 0 Å². The Morgan fingerprint density at radius 2 is 2.10 bits per heavy atom. The van der Waals surface area contributed by atoms with Crippen molar-refractivity contribution in [2.24, 2.45) is 11.3 Å². The second kappa shape index (κ2) is 2.00. The molecule has 1 aliphatic carbocycles. The van der Waals surface area contributed by atoms with Crippen LogP contribution in [-0.4, -0.2) is 13.1 Å². The summed E-state index contributed by atoms with van der Waals surface area (Å²) in [4.78, 5) is 0. The molecule has 1 spiro atoms. The van der Waals surface area contributed by atoms with Gasteiger partial charge in [-0.2, -0.15) is 0 Å². The summed E-state index contributed by atoms with van der Waals surface area (Å²) in [6, 6.07) is 0. The maximum Gasteiger partial charge on any atom is 0.0263 e. The summed E-state index contributed by atoms with van der Waals surface area (Å²) in [6.07, 6.45) is 9.28. The van der Waals surface area contributed by atoms with Crippen molar-refractivity contribution in [1.29, 1.82) is 0 Å². The zero-order valence-corrected chi connectivity index (χ0v) is 6.19. The van der Waals surface area contributed by atoms with Crippen LogP contribution in [0, 0.1) is 23.7 Å². The van der Waals surface area contributed by atoms with Crippen molar-refractivity contribution in [3.8, 4) is 12.3 Å². The molecule has 1 saturated heterocycles. The zero-order chi connectivity index (χ0) is 7.03. The predicted octanol–water partition coefficient (Wildman–Crippen LogP) is 1.01. The summed E-state index contributed by atoms with van der Waals surface area (Å²) in [5.74, 6) is 3.49. The first kappa shape index (κ1) is 6.24. The van der Waals surface area contributed by atoms with Gasteiger partial charge in [-0.1, -0.05) is 0 Å². The molecule has 2 fully saturated rings. The summed E-state index contributed by atoms with van der Waals surface area (Å²) >= 11 is 0. The third-order valence-electron chi connectivity index (χ3n) is 2.99. The van der Waals surface area contributed by atoms with Gasteiger partial charge in [-0.05, 0) is 37.8 Å². The third-order valence-corrected chi connectivity index (χ3v) is 2.99. The van der Waals surface area contributed by atoms with Crippen LogP contribution in [0.2, 0.25) is 0 Å². The van der Waals surface area contributed by atoms with Crippen molar-refractivity contribution in [2.75, 3.05) is 13.1 Å². The van der Waals surface area contributed by atoms with Gasteiger partial charge in [-0.25, -0.2) is 0 Å². The Hall–Kier alpha value is -0.480. The normalized spacial score (nSPS) is 35.3. The lowest BCUT2D eigenvalue weighted by Crippen LogP contribution is -2.29. The van der Waals surface area contributed by atoms with Crippen molar-refractivity contribution < 1.29 is 0 Å². The van der Waals surface area contributed by atoms with E-state index in [2.05, 4.69) is 11.2 Å². The minimum absolute atomic E-state index is 0.597. The van der Waals surface area contributed by atoms with Crippen molar-refractivity contribution in [3.05, 3.63) is 0 Å². The van der Waals surface area contributed by atoms with Crippen molar-refractivity contribution in [3.63, 3.8) is 0 Å². The molecule has 1 atom stereocenters. The summed E-state index contributed by atoms with van der Waals surface area (Å²) in [7, 11) is 0. The van der Waals surface area contributed by atoms with E-state index in [1.807, 2.05) is 0 Å². The maximum absolute atomic E-state index is 5.37. The summed E-state index contributed by atoms with van der Waals surface area (Å²) in [5.41, 5.74) is 0.597. The maximum atomic E-state index is 5.37. The van der Waals surface area contributed by atoms with Crippen LogP contribution >= 0.6 is 0 Å². The Labute approximate surface area is 62.2 Å². The first-order valence-electron chi connectivity index (χ1n) is 4.04. The molecule has 1 heterocycles. The first-order chi connectivity index (χ1) is 4.87. The van der Waals surface area contributed by atoms with Crippen LogP contribution in [0.15, 0.2) is 0 Å². The topological polar surface area (TPSA) is 12.0 Å². The van der Waals surface area contributed by atoms with Crippen molar-refractivity contribution in [2.45, 2.75) is 19.3 Å². The summed E-state index contributed by atoms with van der Waals surface area (Å²) in [6.45, 7) is 2.36. The largest absolute Gasteiger partial charge is 0.317 e. The molecular formula is C9H13N. The van der Waals surface area contributed by atoms with E-state index >= 15 is 0 Å². The molecule has 0 bridgehead atoms. The minimum Gasteiger partial charge on any atom is -0.317 e. The quantitative estimate of drug-likeness (QED) is 0.489. The van der Waals surface area contributed by atoms with Gasteiger partial charge < -0.3 is 5.32 Å². The molecule has 1 aliphatic heterocycles. The Morgan fingerprint density at radius 1 is 1.40 bits per heavy atom. The van der Waals surface area contributed by atoms with Crippen LogP contribution in [0.25, 0.3) is 0 Å². The molecule has 54 valence electrons. The van der Waals surface area contributed by atoms with Crippen LogP contribution in [0.1, 0.15) is 19.3 Å². The van der Waals surface area contributed by atoms with Crippen LogP contribution in [0.5, 0.6) is 0 Å². The molecule has 0 aromatic rings. The van der Waals surface area contributed by atoms with Crippen molar-refractivity contribution in [1.82, 2.24) is 5.32 Å². The highest BCUT2D eigenvalue weighted by Gasteiger charge is 2.52. The Bertz CT molecular complexity index is 172. The number of hydrogen-bond acceptors (Lipinski definition) is 1. The number of terminal acetylenes is 1. The molecule has 1 heteroatoms. The molecule has 2 rings (SSSR count). The molecule has 2 aliphatic rings. The van der Waals surface area contributed by atoms with Gasteiger partial charge in [-0.15, -0.1) is 12.3 Å². The molecule has 0 amide bonds. The molecular weight excluding hydrogens is 122 g/mol. The molecule has 0 radical (unpaired) electrons. The lowest BCUT2D eigenvalue weighted by atomic mass is 9.92. The number of piperidine rings is 1. The fraction of sp³-hybridized carbons (Fsp3) is 0.778. The lowest BCUT2D eigenvalue weighted by Gasteiger charge is -2.22. The molecule has 10 heavy (non-hydrogen) atoms. The average Bonchev–Trinajstić information content (AvgIpc) is 2.65. The van der Waals surface area contributed by atoms with Crippen LogP contribution < -0.4 is 5.32 Å². The fourth-order valence-corrected chi connectivity index (χ4v) is 2.06. The standard InChI is InChI=1S/C9H13N/c1-2-8-7-9(8)3-5-10-6-4-9/h1,8,10H,3-7H2/t8-/m1/s1. The average molecular weight is 135 g/mol. The Kier molecular flexibility index (Phi) is 1.25. The number of hydrogen-bond donors (Lipinski definition) is 1. The minimum atomic E-state index is 0.597. The second-order valence-corrected chi connectivity index (χ2v) is 3.54. The van der Waals surface area contributed by atoms with Gasteiger partial charge in [-0.3, -0.25) is 0 Å². The molecule has 1 saturated carbocycles. The fourth-order valence-electron chi connectivity index (χ4n) is 2.06. The van der Waals surface area contributed by atoms with E-state index in [0.717, 1.165) is 0 Å². The number of nitrogens with one attached hydrogen (secondary N) is 1. The van der Waals surface area contributed by atoms with Crippen LogP contribution in [-0.2, 0) is 0 Å². The van der Waals surface area contributed by atoms with E-state index in [1.54, 1.807) is 0 Å². The molecule has 0 unspecified atom stereocenters. The van der Waals surface area contributed by atoms with Gasteiger partial charge in [0.2, 0.25) is 0 Å². The Balaban J connectivity index is 1.99. The lowest BCUT2D eigenvalue weighted by molar-refractivity contribution is 0.339. The summed E-state index contributed by atoms with van der Waals surface area (Å²) < 4.78 is 0. The highest BCUT2D eigenvalue weighted by atomic mass is 14.9. The molecule has 1 nitrogen and oxygen atoms in total. The highest BCUT2D eigenvalue weighted by molar-refractivity contribution is 5.17. The molecule has 0 aromatic heterocycles. The van der Waals surface area contributed by atoms with Crippen molar-refractivity contribution >= 4 is 0 Å². The van der Waals surface area contributed by atoms with Gasteiger partial charge in [0, 0.05) is 5.92 Å². The SMILES string of the molecule is C#C[C@@H]1CC12CCNCC2. The van der Waals surface area contributed by atoms with E-state index in [1.165, 1.54) is 32.4 Å². The van der Waals surface area contributed by atoms with E-state index in [-0.39, 0.29) is 0 Å². The smallest absolute Gasteiger partial charge is 0.0263 e. The highest BCUT2D eigenvalue weighted by Crippen LogP contribution is 2.57. The zero-order valence-electron chi connectivity index (χ0n) is 6.19. The number of rotatable bonds is 0. The molecule has 0 aromatic carbocycles.